The number of amides is 1. The molecule has 10 heteroatoms. The molecule has 0 aliphatic carbocycles. The summed E-state index contributed by atoms with van der Waals surface area (Å²) >= 11 is 14.6. The van der Waals surface area contributed by atoms with E-state index < -0.39 is 5.91 Å². The van der Waals surface area contributed by atoms with E-state index in [-0.39, 0.29) is 0 Å². The summed E-state index contributed by atoms with van der Waals surface area (Å²) in [6.07, 6.45) is 0. The normalized spacial score (nSPS) is 12.0. The number of fused-ring (bicyclic) bond motifs is 1. The summed E-state index contributed by atoms with van der Waals surface area (Å²) in [5, 5.41) is 0. The maximum Gasteiger partial charge on any atom is 0.282 e. The van der Waals surface area contributed by atoms with Gasteiger partial charge in [0.25, 0.3) is 5.91 Å². The summed E-state index contributed by atoms with van der Waals surface area (Å²) in [7, 11) is 3.16. The first-order valence-corrected chi connectivity index (χ1v) is 10.7. The topological polar surface area (TPSA) is 62.1 Å². The molecule has 3 rings (SSSR count). The third-order valence-corrected chi connectivity index (χ3v) is 6.46. The highest BCUT2D eigenvalue weighted by Gasteiger charge is 2.16. The second-order valence-electron chi connectivity index (χ2n) is 5.56. The van der Waals surface area contributed by atoms with Crippen LogP contribution < -0.4 is 14.3 Å². The van der Waals surface area contributed by atoms with Crippen LogP contribution >= 0.6 is 45.9 Å². The van der Waals surface area contributed by atoms with Gasteiger partial charge in [0, 0.05) is 25.3 Å². The number of hydrogen-bond donors (Lipinski definition) is 0. The lowest BCUT2D eigenvalue weighted by Crippen LogP contribution is -2.19. The summed E-state index contributed by atoms with van der Waals surface area (Å²) < 4.78 is 19.9. The number of ether oxygens (including phenoxy) is 3. The van der Waals surface area contributed by atoms with Crippen molar-refractivity contribution in [3.05, 3.63) is 37.2 Å². The van der Waals surface area contributed by atoms with E-state index in [1.807, 2.05) is 23.6 Å². The first kappa shape index (κ1) is 21.1. The highest BCUT2D eigenvalue weighted by Crippen LogP contribution is 2.34. The molecule has 28 heavy (non-hydrogen) atoms. The number of nitrogens with zero attached hydrogens (tertiary/aromatic N) is 2. The van der Waals surface area contributed by atoms with Gasteiger partial charge >= 0.3 is 0 Å². The Labute approximate surface area is 179 Å². The summed E-state index contributed by atoms with van der Waals surface area (Å²) in [6, 6.07) is 5.27. The second kappa shape index (κ2) is 9.28. The minimum Gasteiger partial charge on any atom is -0.493 e. The molecule has 0 unspecified atom stereocenters. The van der Waals surface area contributed by atoms with Gasteiger partial charge in [-0.2, -0.15) is 4.99 Å². The molecule has 0 aliphatic rings. The SMILES string of the molecule is CCOCCn1c(=NC(=O)c2cc(Cl)sc2Cl)sc2cc(OC)c(OC)cc21. The van der Waals surface area contributed by atoms with Crippen molar-refractivity contribution < 1.29 is 19.0 Å². The van der Waals surface area contributed by atoms with E-state index in [2.05, 4.69) is 4.99 Å². The Balaban J connectivity index is 2.15. The number of halogens is 2. The van der Waals surface area contributed by atoms with Gasteiger partial charge in [-0.25, -0.2) is 0 Å². The quantitative estimate of drug-likeness (QED) is 0.472. The van der Waals surface area contributed by atoms with Crippen LogP contribution in [0.2, 0.25) is 8.67 Å². The van der Waals surface area contributed by atoms with Crippen molar-refractivity contribution in [2.75, 3.05) is 27.4 Å². The maximum atomic E-state index is 12.7. The first-order valence-electron chi connectivity index (χ1n) is 8.35. The molecule has 6 nitrogen and oxygen atoms in total. The molecule has 0 radical (unpaired) electrons. The smallest absolute Gasteiger partial charge is 0.282 e. The Morgan fingerprint density at radius 2 is 1.86 bits per heavy atom. The third-order valence-electron chi connectivity index (χ3n) is 3.94. The molecule has 2 aromatic heterocycles. The lowest BCUT2D eigenvalue weighted by Gasteiger charge is -2.09. The third kappa shape index (κ3) is 4.36. The Morgan fingerprint density at radius 3 is 2.46 bits per heavy atom. The number of benzene rings is 1. The van der Waals surface area contributed by atoms with Crippen molar-refractivity contribution in [1.29, 1.82) is 0 Å². The molecular formula is C18H18Cl2N2O4S2. The van der Waals surface area contributed by atoms with Gasteiger partial charge in [0.05, 0.1) is 40.9 Å². The summed E-state index contributed by atoms with van der Waals surface area (Å²) in [6.45, 7) is 3.56. The van der Waals surface area contributed by atoms with E-state index in [1.165, 1.54) is 17.4 Å². The highest BCUT2D eigenvalue weighted by atomic mass is 35.5. The molecule has 3 aromatic rings. The van der Waals surface area contributed by atoms with Crippen molar-refractivity contribution in [3.63, 3.8) is 0 Å². The van der Waals surface area contributed by atoms with E-state index in [1.54, 1.807) is 14.2 Å². The van der Waals surface area contributed by atoms with Gasteiger partial charge in [-0.05, 0) is 13.0 Å². The Kier molecular flexibility index (Phi) is 7.00. The number of thiophene rings is 1. The number of methoxy groups -OCH3 is 2. The van der Waals surface area contributed by atoms with Gasteiger partial charge in [-0.15, -0.1) is 11.3 Å². The molecular weight excluding hydrogens is 443 g/mol. The van der Waals surface area contributed by atoms with E-state index in [0.29, 0.717) is 50.3 Å². The molecule has 0 saturated carbocycles. The van der Waals surface area contributed by atoms with Crippen LogP contribution in [0.3, 0.4) is 0 Å². The monoisotopic (exact) mass is 460 g/mol. The number of carbonyl (C=O) groups is 1. The lowest BCUT2D eigenvalue weighted by molar-refractivity contribution is 0.0997. The average Bonchev–Trinajstić information content (AvgIpc) is 3.19. The molecule has 0 N–H and O–H groups in total. The van der Waals surface area contributed by atoms with Crippen LogP contribution in [0.1, 0.15) is 17.3 Å². The Hall–Kier alpha value is -1.58. The van der Waals surface area contributed by atoms with Crippen LogP contribution in [-0.2, 0) is 11.3 Å². The zero-order valence-electron chi connectivity index (χ0n) is 15.5. The molecule has 0 fully saturated rings. The van der Waals surface area contributed by atoms with Crippen LogP contribution in [-0.4, -0.2) is 37.9 Å². The van der Waals surface area contributed by atoms with Gasteiger partial charge in [0.1, 0.15) is 4.34 Å². The summed E-state index contributed by atoms with van der Waals surface area (Å²) in [5.41, 5.74) is 1.17. The Bertz CT molecular complexity index is 1070. The Morgan fingerprint density at radius 1 is 1.14 bits per heavy atom. The second-order valence-corrected chi connectivity index (χ2v) is 8.86. The molecule has 1 aromatic carbocycles. The van der Waals surface area contributed by atoms with Gasteiger partial charge in [0.2, 0.25) is 0 Å². The van der Waals surface area contributed by atoms with E-state index >= 15 is 0 Å². The van der Waals surface area contributed by atoms with Gasteiger partial charge in [0.15, 0.2) is 16.3 Å². The standard InChI is InChI=1S/C18H18Cl2N2O4S2/c1-4-26-6-5-22-11-8-12(24-2)13(25-3)9-14(11)27-18(22)21-17(23)10-7-15(19)28-16(10)20/h7-9H,4-6H2,1-3H3. The average molecular weight is 461 g/mol. The number of thiazole rings is 1. The molecule has 0 atom stereocenters. The molecule has 0 bridgehead atoms. The van der Waals surface area contributed by atoms with Crippen molar-refractivity contribution >= 4 is 62.0 Å². The fourth-order valence-corrected chi connectivity index (χ4v) is 5.14. The van der Waals surface area contributed by atoms with Crippen molar-refractivity contribution in [2.45, 2.75) is 13.5 Å². The summed E-state index contributed by atoms with van der Waals surface area (Å²) in [4.78, 5) is 17.5. The molecule has 1 amide bonds. The van der Waals surface area contributed by atoms with Crippen LogP contribution in [0.4, 0.5) is 0 Å². The maximum absolute atomic E-state index is 12.7. The fraction of sp³-hybridized carbons (Fsp3) is 0.333. The van der Waals surface area contributed by atoms with E-state index in [4.69, 9.17) is 37.4 Å². The first-order chi connectivity index (χ1) is 13.5. The largest absolute Gasteiger partial charge is 0.493 e. The molecule has 2 heterocycles. The zero-order valence-corrected chi connectivity index (χ0v) is 18.6. The van der Waals surface area contributed by atoms with Gasteiger partial charge < -0.3 is 18.8 Å². The van der Waals surface area contributed by atoms with Crippen LogP contribution in [0.25, 0.3) is 10.2 Å². The van der Waals surface area contributed by atoms with Crippen molar-refractivity contribution in [2.24, 2.45) is 4.99 Å². The molecule has 0 spiro atoms. The van der Waals surface area contributed by atoms with Crippen LogP contribution in [0, 0.1) is 0 Å². The van der Waals surface area contributed by atoms with Gasteiger partial charge in [-0.3, -0.25) is 4.79 Å². The van der Waals surface area contributed by atoms with Crippen LogP contribution in [0.5, 0.6) is 11.5 Å². The fourth-order valence-electron chi connectivity index (χ4n) is 2.63. The van der Waals surface area contributed by atoms with E-state index in [9.17, 15) is 4.79 Å². The van der Waals surface area contributed by atoms with Crippen LogP contribution in [0.15, 0.2) is 23.2 Å². The van der Waals surface area contributed by atoms with Gasteiger partial charge in [-0.1, -0.05) is 34.5 Å². The lowest BCUT2D eigenvalue weighted by atomic mass is 10.3. The van der Waals surface area contributed by atoms with Crippen molar-refractivity contribution in [1.82, 2.24) is 4.57 Å². The molecule has 0 saturated heterocycles. The molecule has 0 aliphatic heterocycles. The number of aromatic nitrogens is 1. The highest BCUT2D eigenvalue weighted by molar-refractivity contribution is 7.20. The number of carbonyl (C=O) groups excluding carboxylic acids is 1. The minimum absolute atomic E-state index is 0.292. The number of hydrogen-bond acceptors (Lipinski definition) is 6. The number of rotatable bonds is 7. The van der Waals surface area contributed by atoms with Crippen molar-refractivity contribution in [3.8, 4) is 11.5 Å². The predicted molar refractivity (Wildman–Crippen MR) is 114 cm³/mol. The zero-order chi connectivity index (χ0) is 20.3. The van der Waals surface area contributed by atoms with E-state index in [0.717, 1.165) is 21.6 Å². The summed E-state index contributed by atoms with van der Waals surface area (Å²) in [5.74, 6) is 0.769. The molecule has 150 valence electrons. The predicted octanol–water partition coefficient (Wildman–Crippen LogP) is 4.87. The minimum atomic E-state index is -0.441.